The van der Waals surface area contributed by atoms with Crippen molar-refractivity contribution in [3.05, 3.63) is 60.8 Å². The maximum atomic E-state index is 12.8. The van der Waals surface area contributed by atoms with Crippen LogP contribution in [-0.2, 0) is 28.6 Å². The van der Waals surface area contributed by atoms with E-state index in [1.165, 1.54) is 128 Å². The van der Waals surface area contributed by atoms with Crippen molar-refractivity contribution in [3.8, 4) is 0 Å². The smallest absolute Gasteiger partial charge is 0.306 e. The van der Waals surface area contributed by atoms with Gasteiger partial charge in [0.25, 0.3) is 0 Å². The van der Waals surface area contributed by atoms with E-state index in [1.54, 1.807) is 0 Å². The Hall–Kier alpha value is -2.89. The van der Waals surface area contributed by atoms with Gasteiger partial charge in [0.1, 0.15) is 13.2 Å². The Morgan fingerprint density at radius 1 is 0.312 bits per heavy atom. The number of ether oxygens (including phenoxy) is 3. The summed E-state index contributed by atoms with van der Waals surface area (Å²) >= 11 is 0. The molecule has 0 N–H and O–H groups in total. The van der Waals surface area contributed by atoms with Gasteiger partial charge in [0, 0.05) is 19.3 Å². The van der Waals surface area contributed by atoms with Crippen molar-refractivity contribution in [1.82, 2.24) is 0 Å². The van der Waals surface area contributed by atoms with Crippen LogP contribution < -0.4 is 0 Å². The number of carbonyl (C=O) groups excluding carboxylic acids is 3. The molecule has 6 nitrogen and oxygen atoms in total. The number of carbonyl (C=O) groups is 3. The van der Waals surface area contributed by atoms with Crippen LogP contribution in [0.25, 0.3) is 0 Å². The number of allylic oxidation sites excluding steroid dienone is 10. The van der Waals surface area contributed by atoms with E-state index in [4.69, 9.17) is 14.2 Å². The van der Waals surface area contributed by atoms with E-state index in [9.17, 15) is 14.4 Å². The third-order valence-electron chi connectivity index (χ3n) is 11.7. The Morgan fingerprint density at radius 2 is 0.562 bits per heavy atom. The predicted molar refractivity (Wildman–Crippen MR) is 275 cm³/mol. The largest absolute Gasteiger partial charge is 0.462 e. The minimum Gasteiger partial charge on any atom is -0.462 e. The minimum atomic E-state index is -0.781. The van der Waals surface area contributed by atoms with Crippen molar-refractivity contribution in [2.75, 3.05) is 13.2 Å². The first-order valence-corrected chi connectivity index (χ1v) is 27.3. The van der Waals surface area contributed by atoms with Gasteiger partial charge in [0.2, 0.25) is 0 Å². The quantitative estimate of drug-likeness (QED) is 0.0262. The number of rotatable bonds is 49. The Kier molecular flexibility index (Phi) is 50.4. The lowest BCUT2D eigenvalue weighted by atomic mass is 10.1. The summed E-state index contributed by atoms with van der Waals surface area (Å²) in [6.45, 7) is 6.56. The summed E-state index contributed by atoms with van der Waals surface area (Å²) in [6, 6.07) is 0. The van der Waals surface area contributed by atoms with E-state index in [1.807, 2.05) is 0 Å². The molecule has 64 heavy (non-hydrogen) atoms. The zero-order valence-corrected chi connectivity index (χ0v) is 42.3. The van der Waals surface area contributed by atoms with E-state index < -0.39 is 6.10 Å². The Bertz CT molecular complexity index is 1170. The van der Waals surface area contributed by atoms with Crippen molar-refractivity contribution in [1.29, 1.82) is 0 Å². The zero-order valence-electron chi connectivity index (χ0n) is 42.3. The van der Waals surface area contributed by atoms with Gasteiger partial charge in [-0.1, -0.05) is 223 Å². The van der Waals surface area contributed by atoms with Gasteiger partial charge >= 0.3 is 17.9 Å². The molecular weight excluding hydrogens is 793 g/mol. The molecule has 0 aromatic heterocycles. The van der Waals surface area contributed by atoms with Crippen LogP contribution in [0.5, 0.6) is 0 Å². The molecule has 1 atom stereocenters. The third kappa shape index (κ3) is 50.1. The summed E-state index contributed by atoms with van der Waals surface area (Å²) in [4.78, 5) is 37.9. The maximum absolute atomic E-state index is 12.8. The summed E-state index contributed by atoms with van der Waals surface area (Å²) in [6.07, 6.45) is 65.1. The molecule has 0 saturated carbocycles. The highest BCUT2D eigenvalue weighted by Gasteiger charge is 2.19. The second-order valence-electron chi connectivity index (χ2n) is 18.1. The molecule has 6 heteroatoms. The van der Waals surface area contributed by atoms with Crippen molar-refractivity contribution in [3.63, 3.8) is 0 Å². The van der Waals surface area contributed by atoms with Crippen molar-refractivity contribution >= 4 is 17.9 Å². The molecule has 0 radical (unpaired) electrons. The molecule has 0 aliphatic heterocycles. The lowest BCUT2D eigenvalue weighted by Crippen LogP contribution is -2.30. The fourth-order valence-electron chi connectivity index (χ4n) is 7.60. The van der Waals surface area contributed by atoms with Crippen LogP contribution in [0.4, 0.5) is 0 Å². The van der Waals surface area contributed by atoms with Gasteiger partial charge in [-0.15, -0.1) is 0 Å². The minimum absolute atomic E-state index is 0.0816. The van der Waals surface area contributed by atoms with Gasteiger partial charge in [0.05, 0.1) is 0 Å². The van der Waals surface area contributed by atoms with Crippen molar-refractivity contribution < 1.29 is 28.6 Å². The first kappa shape index (κ1) is 61.1. The van der Waals surface area contributed by atoms with Gasteiger partial charge < -0.3 is 14.2 Å². The Balaban J connectivity index is 4.23. The van der Waals surface area contributed by atoms with E-state index in [-0.39, 0.29) is 31.1 Å². The van der Waals surface area contributed by atoms with Gasteiger partial charge in [-0.25, -0.2) is 0 Å². The first-order chi connectivity index (χ1) is 31.5. The molecule has 0 bridgehead atoms. The molecule has 0 rings (SSSR count). The molecule has 0 aromatic carbocycles. The average molecular weight is 895 g/mol. The van der Waals surface area contributed by atoms with Crippen LogP contribution in [0, 0.1) is 0 Å². The molecule has 0 amide bonds. The number of hydrogen-bond acceptors (Lipinski definition) is 6. The van der Waals surface area contributed by atoms with Gasteiger partial charge in [0.15, 0.2) is 6.10 Å². The van der Waals surface area contributed by atoms with Crippen LogP contribution >= 0.6 is 0 Å². The number of unbranched alkanes of at least 4 members (excludes halogenated alkanes) is 28. The average Bonchev–Trinajstić information content (AvgIpc) is 3.29. The van der Waals surface area contributed by atoms with E-state index >= 15 is 0 Å². The monoisotopic (exact) mass is 895 g/mol. The highest BCUT2D eigenvalue weighted by molar-refractivity contribution is 5.71. The standard InChI is InChI=1S/C58H102O6/c1-4-7-10-13-16-18-20-22-24-26-27-28-29-30-31-32-34-35-37-39-42-45-48-51-57(60)63-54-55(53-62-56(59)50-47-44-41-15-12-9-6-3)64-58(61)52-49-46-43-40-38-36-33-25-23-21-19-17-14-11-8-5-2/h19-22,25-27,29-30,33,55H,4-18,23-24,28,31-32,34-54H2,1-3H3/b21-19-,22-20-,27-26-,30-29-,33-25-. The molecule has 0 aromatic rings. The molecule has 370 valence electrons. The Labute approximate surface area is 396 Å². The fraction of sp³-hybridized carbons (Fsp3) is 0.776. The normalized spacial score (nSPS) is 12.5. The maximum Gasteiger partial charge on any atom is 0.306 e. The molecule has 0 spiro atoms. The molecule has 0 fully saturated rings. The highest BCUT2D eigenvalue weighted by atomic mass is 16.6. The Morgan fingerprint density at radius 3 is 0.891 bits per heavy atom. The van der Waals surface area contributed by atoms with E-state index in [2.05, 4.69) is 81.5 Å². The summed E-state index contributed by atoms with van der Waals surface area (Å²) in [7, 11) is 0. The van der Waals surface area contributed by atoms with Crippen LogP contribution in [0.3, 0.4) is 0 Å². The SMILES string of the molecule is CCCCCC/C=C\C/C=C\CCCCCCCC(=O)OC(COC(=O)CCCCCCCCC)COC(=O)CCCCCCCCCC/C=C\C/C=C\C/C=C\CCCCCCC. The second-order valence-corrected chi connectivity index (χ2v) is 18.1. The molecule has 1 unspecified atom stereocenters. The summed E-state index contributed by atoms with van der Waals surface area (Å²) in [5.41, 5.74) is 0. The number of esters is 3. The zero-order chi connectivity index (χ0) is 46.5. The van der Waals surface area contributed by atoms with Gasteiger partial charge in [-0.3, -0.25) is 14.4 Å². The molecular formula is C58H102O6. The topological polar surface area (TPSA) is 78.9 Å². The summed E-state index contributed by atoms with van der Waals surface area (Å²) in [5.74, 6) is -0.904. The second kappa shape index (κ2) is 52.7. The first-order valence-electron chi connectivity index (χ1n) is 27.3. The lowest BCUT2D eigenvalue weighted by Gasteiger charge is -2.18. The lowest BCUT2D eigenvalue weighted by molar-refractivity contribution is -0.167. The third-order valence-corrected chi connectivity index (χ3v) is 11.7. The molecule has 0 aliphatic rings. The summed E-state index contributed by atoms with van der Waals surface area (Å²) < 4.78 is 16.7. The van der Waals surface area contributed by atoms with Gasteiger partial charge in [-0.05, 0) is 89.9 Å². The van der Waals surface area contributed by atoms with E-state index in [0.29, 0.717) is 19.3 Å². The van der Waals surface area contributed by atoms with Crippen LogP contribution in [0.2, 0.25) is 0 Å². The van der Waals surface area contributed by atoms with E-state index in [0.717, 1.165) is 103 Å². The highest BCUT2D eigenvalue weighted by Crippen LogP contribution is 2.14. The van der Waals surface area contributed by atoms with Gasteiger partial charge in [-0.2, -0.15) is 0 Å². The molecule has 0 heterocycles. The fourth-order valence-corrected chi connectivity index (χ4v) is 7.60. The molecule has 0 aliphatic carbocycles. The van der Waals surface area contributed by atoms with Crippen LogP contribution in [0.15, 0.2) is 60.8 Å². The summed E-state index contributed by atoms with van der Waals surface area (Å²) in [5, 5.41) is 0. The van der Waals surface area contributed by atoms with Crippen molar-refractivity contribution in [2.45, 2.75) is 277 Å². The number of hydrogen-bond donors (Lipinski definition) is 0. The molecule has 0 saturated heterocycles. The van der Waals surface area contributed by atoms with Crippen LogP contribution in [-0.4, -0.2) is 37.2 Å². The van der Waals surface area contributed by atoms with Crippen LogP contribution in [0.1, 0.15) is 271 Å². The predicted octanol–water partition coefficient (Wildman–Crippen LogP) is 18.0. The van der Waals surface area contributed by atoms with Crippen molar-refractivity contribution in [2.24, 2.45) is 0 Å².